The molecule has 0 atom stereocenters. The monoisotopic (exact) mass is 470 g/mol. The summed E-state index contributed by atoms with van der Waals surface area (Å²) in [7, 11) is 4.06. The highest BCUT2D eigenvalue weighted by molar-refractivity contribution is 7.17. The summed E-state index contributed by atoms with van der Waals surface area (Å²) in [6, 6.07) is 18.3. The van der Waals surface area contributed by atoms with E-state index in [0.29, 0.717) is 6.61 Å². The average Bonchev–Trinajstić information content (AvgIpc) is 3.49. The zero-order valence-corrected chi connectivity index (χ0v) is 20.0. The van der Waals surface area contributed by atoms with Gasteiger partial charge >= 0.3 is 0 Å². The molecule has 2 N–H and O–H groups in total. The van der Waals surface area contributed by atoms with Crippen molar-refractivity contribution in [2.24, 2.45) is 0 Å². The van der Waals surface area contributed by atoms with Crippen LogP contribution in [0.15, 0.2) is 72.4 Å². The first kappa shape index (κ1) is 22.3. The number of hydrogen-bond donors (Lipinski definition) is 2. The summed E-state index contributed by atoms with van der Waals surface area (Å²) in [5.41, 5.74) is 5.82. The van der Waals surface area contributed by atoms with Crippen LogP contribution in [-0.2, 0) is 6.61 Å². The van der Waals surface area contributed by atoms with E-state index in [1.807, 2.05) is 55.9 Å². The van der Waals surface area contributed by atoms with Crippen LogP contribution in [0.5, 0.6) is 5.75 Å². The maximum Gasteiger partial charge on any atom is 0.138 e. The van der Waals surface area contributed by atoms with Gasteiger partial charge in [0, 0.05) is 40.3 Å². The van der Waals surface area contributed by atoms with Crippen LogP contribution < -0.4 is 4.74 Å². The van der Waals surface area contributed by atoms with Crippen molar-refractivity contribution >= 4 is 21.4 Å². The van der Waals surface area contributed by atoms with Crippen molar-refractivity contribution in [3.8, 4) is 39.7 Å². The lowest BCUT2D eigenvalue weighted by Crippen LogP contribution is -2.19. The van der Waals surface area contributed by atoms with Crippen molar-refractivity contribution in [1.82, 2.24) is 19.9 Å². The van der Waals surface area contributed by atoms with Crippen molar-refractivity contribution in [3.63, 3.8) is 0 Å². The Kier molecular flexibility index (Phi) is 6.40. The van der Waals surface area contributed by atoms with Crippen LogP contribution in [0.1, 0.15) is 5.56 Å². The Labute approximate surface area is 202 Å². The van der Waals surface area contributed by atoms with E-state index < -0.39 is 0 Å². The molecule has 0 aliphatic rings. The number of benzene rings is 2. The average molecular weight is 471 g/mol. The van der Waals surface area contributed by atoms with Crippen molar-refractivity contribution in [2.45, 2.75) is 6.61 Å². The summed E-state index contributed by atoms with van der Waals surface area (Å²) in [6.07, 6.45) is 3.57. The standard InChI is InChI=1S/C27H26N4O2S/c1-31(2)13-14-33-22-6-3-19(4-7-22)27-29-25(18-9-11-28-12-10-18)26(30-27)20-5-8-23-21(16-32)17-34-24(23)15-20/h3-12,15,17,32H,13-14,16H2,1-2H3,(H,29,30). The van der Waals surface area contributed by atoms with Gasteiger partial charge in [0.2, 0.25) is 0 Å². The highest BCUT2D eigenvalue weighted by Gasteiger charge is 2.16. The summed E-state index contributed by atoms with van der Waals surface area (Å²) in [6.45, 7) is 1.56. The number of thiophene rings is 1. The van der Waals surface area contributed by atoms with Gasteiger partial charge in [-0.3, -0.25) is 4.98 Å². The second kappa shape index (κ2) is 9.77. The van der Waals surface area contributed by atoms with Gasteiger partial charge in [-0.15, -0.1) is 11.3 Å². The van der Waals surface area contributed by atoms with E-state index in [1.54, 1.807) is 23.7 Å². The maximum atomic E-state index is 9.60. The van der Waals surface area contributed by atoms with E-state index >= 15 is 0 Å². The van der Waals surface area contributed by atoms with E-state index in [4.69, 9.17) is 9.72 Å². The number of nitrogens with zero attached hydrogens (tertiary/aromatic N) is 3. The molecule has 2 aromatic carbocycles. The quantitative estimate of drug-likeness (QED) is 0.315. The van der Waals surface area contributed by atoms with Crippen LogP contribution in [0.2, 0.25) is 0 Å². The highest BCUT2D eigenvalue weighted by atomic mass is 32.1. The summed E-state index contributed by atoms with van der Waals surface area (Å²) in [4.78, 5) is 14.8. The first-order valence-electron chi connectivity index (χ1n) is 11.1. The molecular weight excluding hydrogens is 444 g/mol. The number of rotatable bonds is 8. The Bertz CT molecular complexity index is 1390. The first-order valence-corrected chi connectivity index (χ1v) is 12.0. The topological polar surface area (TPSA) is 74.3 Å². The minimum atomic E-state index is 0.0447. The Morgan fingerprint density at radius 3 is 2.47 bits per heavy atom. The van der Waals surface area contributed by atoms with Gasteiger partial charge in [-0.2, -0.15) is 0 Å². The lowest BCUT2D eigenvalue weighted by Gasteiger charge is -2.11. The lowest BCUT2D eigenvalue weighted by molar-refractivity contribution is 0.261. The van der Waals surface area contributed by atoms with Crippen LogP contribution in [0, 0.1) is 0 Å². The molecule has 6 nitrogen and oxygen atoms in total. The lowest BCUT2D eigenvalue weighted by atomic mass is 10.0. The molecule has 0 amide bonds. The molecule has 0 saturated carbocycles. The van der Waals surface area contributed by atoms with Gasteiger partial charge in [0.1, 0.15) is 18.2 Å². The third-order valence-corrected chi connectivity index (χ3v) is 6.70. The number of likely N-dealkylation sites (N-methyl/N-ethyl adjacent to an activating group) is 1. The predicted octanol–water partition coefficient (Wildman–Crippen LogP) is 5.45. The molecule has 3 heterocycles. The molecule has 5 aromatic rings. The predicted molar refractivity (Wildman–Crippen MR) is 138 cm³/mol. The van der Waals surface area contributed by atoms with E-state index in [0.717, 1.165) is 61.8 Å². The molecule has 0 bridgehead atoms. The number of nitrogens with one attached hydrogen (secondary N) is 1. The largest absolute Gasteiger partial charge is 0.492 e. The van der Waals surface area contributed by atoms with Crippen LogP contribution >= 0.6 is 11.3 Å². The summed E-state index contributed by atoms with van der Waals surface area (Å²) in [5, 5.41) is 12.7. The van der Waals surface area contributed by atoms with Crippen molar-refractivity contribution in [2.75, 3.05) is 27.2 Å². The number of fused-ring (bicyclic) bond motifs is 1. The summed E-state index contributed by atoms with van der Waals surface area (Å²) in [5.74, 6) is 1.64. The van der Waals surface area contributed by atoms with Crippen LogP contribution in [0.25, 0.3) is 44.0 Å². The maximum absolute atomic E-state index is 9.60. The molecule has 0 fully saturated rings. The number of pyridine rings is 1. The molecule has 172 valence electrons. The molecular formula is C27H26N4O2S. The van der Waals surface area contributed by atoms with Crippen LogP contribution in [-0.4, -0.2) is 52.2 Å². The minimum absolute atomic E-state index is 0.0447. The zero-order chi connectivity index (χ0) is 23.5. The van der Waals surface area contributed by atoms with Crippen molar-refractivity contribution in [1.29, 1.82) is 0 Å². The molecule has 7 heteroatoms. The van der Waals surface area contributed by atoms with E-state index in [9.17, 15) is 5.11 Å². The molecule has 0 radical (unpaired) electrons. The minimum Gasteiger partial charge on any atom is -0.492 e. The van der Waals surface area contributed by atoms with E-state index in [2.05, 4.69) is 33.1 Å². The fourth-order valence-electron chi connectivity index (χ4n) is 3.85. The number of imidazole rings is 1. The Hall–Kier alpha value is -3.52. The Morgan fingerprint density at radius 2 is 1.74 bits per heavy atom. The number of aliphatic hydroxyl groups is 1. The van der Waals surface area contributed by atoms with E-state index in [1.165, 1.54) is 0 Å². The van der Waals surface area contributed by atoms with Gasteiger partial charge in [-0.1, -0.05) is 12.1 Å². The van der Waals surface area contributed by atoms with Gasteiger partial charge < -0.3 is 19.7 Å². The third kappa shape index (κ3) is 4.59. The molecule has 5 rings (SSSR count). The van der Waals surface area contributed by atoms with Crippen molar-refractivity contribution in [3.05, 3.63) is 77.9 Å². The number of aromatic nitrogens is 3. The number of aromatic amines is 1. The normalized spacial score (nSPS) is 11.4. The number of hydrogen-bond acceptors (Lipinski definition) is 6. The zero-order valence-electron chi connectivity index (χ0n) is 19.2. The molecule has 0 unspecified atom stereocenters. The van der Waals surface area contributed by atoms with Gasteiger partial charge in [0.05, 0.1) is 18.0 Å². The van der Waals surface area contributed by atoms with Gasteiger partial charge in [-0.05, 0) is 72.9 Å². The number of aliphatic hydroxyl groups excluding tert-OH is 1. The van der Waals surface area contributed by atoms with Crippen LogP contribution in [0.4, 0.5) is 0 Å². The number of ether oxygens (including phenoxy) is 1. The van der Waals surface area contributed by atoms with Gasteiger partial charge in [-0.25, -0.2) is 4.98 Å². The molecule has 0 aliphatic carbocycles. The second-order valence-corrected chi connectivity index (χ2v) is 9.26. The molecule has 3 aromatic heterocycles. The van der Waals surface area contributed by atoms with Gasteiger partial charge in [0.25, 0.3) is 0 Å². The first-order chi connectivity index (χ1) is 16.6. The summed E-state index contributed by atoms with van der Waals surface area (Å²) < 4.78 is 6.96. The second-order valence-electron chi connectivity index (χ2n) is 8.35. The summed E-state index contributed by atoms with van der Waals surface area (Å²) >= 11 is 1.64. The smallest absolute Gasteiger partial charge is 0.138 e. The SMILES string of the molecule is CN(C)CCOc1ccc(-c2nc(-c3ccc4c(CO)csc4c3)c(-c3ccncc3)[nH]2)cc1. The fourth-order valence-corrected chi connectivity index (χ4v) is 4.85. The molecule has 0 aliphatic heterocycles. The molecule has 34 heavy (non-hydrogen) atoms. The van der Waals surface area contributed by atoms with Gasteiger partial charge in [0.15, 0.2) is 0 Å². The Balaban J connectivity index is 1.52. The molecule has 0 spiro atoms. The Morgan fingerprint density at radius 1 is 0.971 bits per heavy atom. The highest BCUT2D eigenvalue weighted by Crippen LogP contribution is 2.36. The van der Waals surface area contributed by atoms with E-state index in [-0.39, 0.29) is 6.61 Å². The number of H-pyrrole nitrogens is 1. The third-order valence-electron chi connectivity index (χ3n) is 5.71. The van der Waals surface area contributed by atoms with Crippen LogP contribution in [0.3, 0.4) is 0 Å². The fraction of sp³-hybridized carbons (Fsp3) is 0.185. The van der Waals surface area contributed by atoms with Crippen molar-refractivity contribution < 1.29 is 9.84 Å². The molecule has 0 saturated heterocycles.